The Hall–Kier alpha value is -2.96. The number of aliphatic imine (C=N–C) groups is 2. The maximum absolute atomic E-state index is 5.02. The molecule has 0 spiro atoms. The van der Waals surface area contributed by atoms with E-state index in [2.05, 4.69) is 111 Å². The number of thioether (sulfide) groups is 2. The minimum Gasteiger partial charge on any atom is -0.334 e. The summed E-state index contributed by atoms with van der Waals surface area (Å²) >= 11 is 3.64. The molecule has 6 rings (SSSR count). The third-order valence-electron chi connectivity index (χ3n) is 7.48. The Labute approximate surface area is 233 Å². The molecule has 2 atom stereocenters. The first-order valence-corrected chi connectivity index (χ1v) is 15.4. The molecule has 0 unspecified atom stereocenters. The van der Waals surface area contributed by atoms with Gasteiger partial charge >= 0.3 is 0 Å². The number of rotatable bonds is 5. The summed E-state index contributed by atoms with van der Waals surface area (Å²) in [6.07, 6.45) is 0. The number of amidine groups is 2. The van der Waals surface area contributed by atoms with Crippen LogP contribution in [-0.4, -0.2) is 33.9 Å². The van der Waals surface area contributed by atoms with Gasteiger partial charge in [-0.15, -0.1) is 0 Å². The van der Waals surface area contributed by atoms with E-state index in [1.807, 2.05) is 23.5 Å². The molecule has 0 fully saturated rings. The van der Waals surface area contributed by atoms with Crippen LogP contribution in [0.25, 0.3) is 32.7 Å². The van der Waals surface area contributed by atoms with E-state index in [0.717, 1.165) is 33.2 Å². The standard InChI is InChI=1S/C32H34N4S2/c1-19(2)27-17-37-31(35-27)33-25-15-13-21-9-5-7-11-23(21)29(25)30-24-12-8-6-10-22(24)14-16-26(30)34-32-36-28(18-38-32)20(3)4/h5-16,19-20,27-28H,17-18H2,1-4H3,(H,33,35)(H,34,36)/t27-,28-/m1/s1. The minimum atomic E-state index is 0.354. The number of anilines is 2. The maximum Gasteiger partial charge on any atom is 0.161 e. The third kappa shape index (κ3) is 4.92. The van der Waals surface area contributed by atoms with Crippen LogP contribution in [0, 0.1) is 11.8 Å². The van der Waals surface area contributed by atoms with Gasteiger partial charge in [-0.05, 0) is 45.5 Å². The molecule has 4 aromatic rings. The lowest BCUT2D eigenvalue weighted by Gasteiger charge is -2.20. The Bertz CT molecular complexity index is 1440. The average Bonchev–Trinajstić information content (AvgIpc) is 3.59. The van der Waals surface area contributed by atoms with Crippen LogP contribution in [0.1, 0.15) is 27.7 Å². The topological polar surface area (TPSA) is 48.8 Å². The number of benzene rings is 4. The van der Waals surface area contributed by atoms with Crippen molar-refractivity contribution in [2.75, 3.05) is 22.1 Å². The fourth-order valence-electron chi connectivity index (χ4n) is 5.12. The Morgan fingerprint density at radius 2 is 1.03 bits per heavy atom. The molecule has 0 saturated heterocycles. The molecule has 0 aromatic heterocycles. The summed E-state index contributed by atoms with van der Waals surface area (Å²) in [6, 6.07) is 26.9. The van der Waals surface area contributed by atoms with Gasteiger partial charge in [0.15, 0.2) is 10.3 Å². The fraction of sp³-hybridized carbons (Fsp3) is 0.312. The van der Waals surface area contributed by atoms with Gasteiger partial charge in [-0.2, -0.15) is 0 Å². The SMILES string of the molecule is CC(C)[C@H]1CSC(Nc2ccc3ccccc3c2-c2c(NC3=N[C@@H](C(C)C)CS3)ccc3ccccc23)=N1. The highest BCUT2D eigenvalue weighted by molar-refractivity contribution is 8.14. The first kappa shape index (κ1) is 25.3. The van der Waals surface area contributed by atoms with Crippen molar-refractivity contribution in [1.29, 1.82) is 0 Å². The van der Waals surface area contributed by atoms with Gasteiger partial charge in [0.2, 0.25) is 0 Å². The summed E-state index contributed by atoms with van der Waals surface area (Å²) in [5.74, 6) is 3.12. The van der Waals surface area contributed by atoms with E-state index in [9.17, 15) is 0 Å². The summed E-state index contributed by atoms with van der Waals surface area (Å²) in [5, 5.41) is 14.4. The molecule has 0 aliphatic carbocycles. The molecule has 2 N–H and O–H groups in total. The molecular formula is C32H34N4S2. The number of nitrogens with one attached hydrogen (secondary N) is 2. The highest BCUT2D eigenvalue weighted by Gasteiger charge is 2.25. The molecular weight excluding hydrogens is 505 g/mol. The average molecular weight is 539 g/mol. The maximum atomic E-state index is 5.02. The van der Waals surface area contributed by atoms with Gasteiger partial charge in [-0.25, -0.2) is 0 Å². The predicted octanol–water partition coefficient (Wildman–Crippen LogP) is 8.74. The lowest BCUT2D eigenvalue weighted by Crippen LogP contribution is -2.12. The van der Waals surface area contributed by atoms with Gasteiger partial charge in [-0.1, -0.05) is 112 Å². The third-order valence-corrected chi connectivity index (χ3v) is 9.46. The van der Waals surface area contributed by atoms with Gasteiger partial charge in [0.1, 0.15) is 0 Å². The van der Waals surface area contributed by atoms with Crippen molar-refractivity contribution in [3.8, 4) is 11.1 Å². The highest BCUT2D eigenvalue weighted by Crippen LogP contribution is 2.44. The predicted molar refractivity (Wildman–Crippen MR) is 171 cm³/mol. The number of fused-ring (bicyclic) bond motifs is 2. The largest absolute Gasteiger partial charge is 0.334 e. The molecule has 4 nitrogen and oxygen atoms in total. The number of hydrogen-bond donors (Lipinski definition) is 2. The van der Waals surface area contributed by atoms with Crippen LogP contribution in [0.3, 0.4) is 0 Å². The summed E-state index contributed by atoms with van der Waals surface area (Å²) in [4.78, 5) is 10.0. The van der Waals surface area contributed by atoms with Crippen molar-refractivity contribution in [3.05, 3.63) is 72.8 Å². The van der Waals surface area contributed by atoms with E-state index >= 15 is 0 Å². The molecule has 2 heterocycles. The summed E-state index contributed by atoms with van der Waals surface area (Å²) in [7, 11) is 0. The van der Waals surface area contributed by atoms with Gasteiger partial charge < -0.3 is 10.6 Å². The number of hydrogen-bond acceptors (Lipinski definition) is 6. The molecule has 0 amide bonds. The zero-order valence-electron chi connectivity index (χ0n) is 22.4. The van der Waals surface area contributed by atoms with E-state index in [0.29, 0.717) is 23.9 Å². The number of nitrogens with zero attached hydrogens (tertiary/aromatic N) is 2. The van der Waals surface area contributed by atoms with Gasteiger partial charge in [-0.3, -0.25) is 9.98 Å². The summed E-state index contributed by atoms with van der Waals surface area (Å²) < 4.78 is 0. The fourth-order valence-corrected chi connectivity index (χ4v) is 7.48. The molecule has 0 radical (unpaired) electrons. The van der Waals surface area contributed by atoms with Gasteiger partial charge in [0.25, 0.3) is 0 Å². The lowest BCUT2D eigenvalue weighted by atomic mass is 9.91. The Morgan fingerprint density at radius 3 is 1.42 bits per heavy atom. The van der Waals surface area contributed by atoms with Gasteiger partial charge in [0, 0.05) is 34.0 Å². The first-order chi connectivity index (χ1) is 18.5. The van der Waals surface area contributed by atoms with Crippen LogP contribution >= 0.6 is 23.5 Å². The van der Waals surface area contributed by atoms with E-state index in [1.54, 1.807) is 0 Å². The molecule has 4 aromatic carbocycles. The Kier molecular flexibility index (Phi) is 7.10. The van der Waals surface area contributed by atoms with Crippen molar-refractivity contribution in [2.45, 2.75) is 39.8 Å². The van der Waals surface area contributed by atoms with Crippen LogP contribution in [0.4, 0.5) is 11.4 Å². The second kappa shape index (κ2) is 10.7. The molecule has 2 aliphatic rings. The Morgan fingerprint density at radius 1 is 0.605 bits per heavy atom. The van der Waals surface area contributed by atoms with Crippen molar-refractivity contribution in [2.24, 2.45) is 21.8 Å². The molecule has 38 heavy (non-hydrogen) atoms. The summed E-state index contributed by atoms with van der Waals surface area (Å²) in [6.45, 7) is 9.00. The zero-order chi connectivity index (χ0) is 26.2. The monoisotopic (exact) mass is 538 g/mol. The molecule has 6 heteroatoms. The molecule has 2 aliphatic heterocycles. The molecule has 0 bridgehead atoms. The van der Waals surface area contributed by atoms with E-state index in [-0.39, 0.29) is 0 Å². The summed E-state index contributed by atoms with van der Waals surface area (Å²) in [5.41, 5.74) is 4.56. The van der Waals surface area contributed by atoms with Crippen molar-refractivity contribution >= 4 is 66.8 Å². The van der Waals surface area contributed by atoms with Crippen LogP contribution in [0.15, 0.2) is 82.8 Å². The van der Waals surface area contributed by atoms with Gasteiger partial charge in [0.05, 0.1) is 12.1 Å². The van der Waals surface area contributed by atoms with Crippen molar-refractivity contribution in [1.82, 2.24) is 0 Å². The van der Waals surface area contributed by atoms with Crippen LogP contribution in [-0.2, 0) is 0 Å². The zero-order valence-corrected chi connectivity index (χ0v) is 24.0. The first-order valence-electron chi connectivity index (χ1n) is 13.5. The van der Waals surface area contributed by atoms with Crippen LogP contribution < -0.4 is 10.6 Å². The Balaban J connectivity index is 1.54. The molecule has 194 valence electrons. The second-order valence-corrected chi connectivity index (χ2v) is 12.8. The van der Waals surface area contributed by atoms with Crippen molar-refractivity contribution in [3.63, 3.8) is 0 Å². The smallest absolute Gasteiger partial charge is 0.161 e. The van der Waals surface area contributed by atoms with Crippen LogP contribution in [0.5, 0.6) is 0 Å². The minimum absolute atomic E-state index is 0.354. The van der Waals surface area contributed by atoms with E-state index in [4.69, 9.17) is 9.98 Å². The van der Waals surface area contributed by atoms with E-state index < -0.39 is 0 Å². The van der Waals surface area contributed by atoms with E-state index in [1.165, 1.54) is 32.7 Å². The lowest BCUT2D eigenvalue weighted by molar-refractivity contribution is 0.543. The molecule has 0 saturated carbocycles. The quantitative estimate of drug-likeness (QED) is 0.267. The second-order valence-electron chi connectivity index (χ2n) is 10.8. The normalized spacial score (nSPS) is 19.4. The van der Waals surface area contributed by atoms with Crippen molar-refractivity contribution < 1.29 is 0 Å². The highest BCUT2D eigenvalue weighted by atomic mass is 32.2. The van der Waals surface area contributed by atoms with Crippen LogP contribution in [0.2, 0.25) is 0 Å².